The zero-order valence-electron chi connectivity index (χ0n) is 9.59. The van der Waals surface area contributed by atoms with Gasteiger partial charge in [0.15, 0.2) is 0 Å². The molecule has 1 aromatic carbocycles. The molecule has 1 unspecified atom stereocenters. The number of aromatic nitrogens is 2. The van der Waals surface area contributed by atoms with Crippen molar-refractivity contribution in [1.29, 1.82) is 0 Å². The second-order valence-electron chi connectivity index (χ2n) is 4.11. The summed E-state index contributed by atoms with van der Waals surface area (Å²) in [5.41, 5.74) is 3.10. The van der Waals surface area contributed by atoms with Crippen LogP contribution in [0.1, 0.15) is 22.9 Å². The molecule has 0 saturated heterocycles. The van der Waals surface area contributed by atoms with Gasteiger partial charge in [-0.3, -0.25) is 4.68 Å². The van der Waals surface area contributed by atoms with E-state index in [4.69, 9.17) is 0 Å². The quantitative estimate of drug-likeness (QED) is 0.854. The van der Waals surface area contributed by atoms with Crippen molar-refractivity contribution in [1.82, 2.24) is 9.78 Å². The molecule has 0 spiro atoms. The third kappa shape index (κ3) is 2.49. The molecule has 0 bridgehead atoms. The molecule has 3 nitrogen and oxygen atoms in total. The highest BCUT2D eigenvalue weighted by Crippen LogP contribution is 2.15. The number of rotatable bonds is 3. The van der Waals surface area contributed by atoms with E-state index >= 15 is 0 Å². The Labute approximate surface area is 95.3 Å². The van der Waals surface area contributed by atoms with Gasteiger partial charge in [-0.05, 0) is 25.5 Å². The molecule has 16 heavy (non-hydrogen) atoms. The van der Waals surface area contributed by atoms with Crippen molar-refractivity contribution >= 4 is 0 Å². The maximum Gasteiger partial charge on any atom is 0.0985 e. The number of aliphatic hydroxyl groups is 1. The Morgan fingerprint density at radius 2 is 1.88 bits per heavy atom. The minimum Gasteiger partial charge on any atom is -0.386 e. The van der Waals surface area contributed by atoms with E-state index in [1.54, 1.807) is 4.68 Å². The fourth-order valence-corrected chi connectivity index (χ4v) is 1.64. The van der Waals surface area contributed by atoms with Crippen molar-refractivity contribution < 1.29 is 5.11 Å². The van der Waals surface area contributed by atoms with E-state index in [-0.39, 0.29) is 0 Å². The van der Waals surface area contributed by atoms with Gasteiger partial charge in [0.25, 0.3) is 0 Å². The van der Waals surface area contributed by atoms with E-state index in [9.17, 15) is 5.11 Å². The number of benzene rings is 1. The Morgan fingerprint density at radius 3 is 2.44 bits per heavy atom. The second kappa shape index (κ2) is 4.49. The van der Waals surface area contributed by atoms with E-state index in [0.717, 1.165) is 11.3 Å². The summed E-state index contributed by atoms with van der Waals surface area (Å²) in [5, 5.41) is 14.3. The van der Waals surface area contributed by atoms with Gasteiger partial charge in [-0.1, -0.05) is 29.8 Å². The van der Waals surface area contributed by atoms with Crippen LogP contribution in [0.2, 0.25) is 0 Å². The lowest BCUT2D eigenvalue weighted by atomic mass is 10.1. The summed E-state index contributed by atoms with van der Waals surface area (Å²) in [6.07, 6.45) is 1.38. The average molecular weight is 216 g/mol. The van der Waals surface area contributed by atoms with Crippen molar-refractivity contribution in [3.63, 3.8) is 0 Å². The highest BCUT2D eigenvalue weighted by atomic mass is 16.3. The molecule has 0 fully saturated rings. The van der Waals surface area contributed by atoms with Crippen LogP contribution in [0.25, 0.3) is 0 Å². The van der Waals surface area contributed by atoms with E-state index < -0.39 is 6.10 Å². The predicted octanol–water partition coefficient (Wildman–Crippen LogP) is 2.23. The maximum atomic E-state index is 10.0. The van der Waals surface area contributed by atoms with Crippen molar-refractivity contribution in [3.8, 4) is 0 Å². The van der Waals surface area contributed by atoms with Crippen LogP contribution in [0.3, 0.4) is 0 Å². The molecule has 1 aromatic heterocycles. The van der Waals surface area contributed by atoms with Crippen molar-refractivity contribution in [2.24, 2.45) is 0 Å². The summed E-state index contributed by atoms with van der Waals surface area (Å²) in [5.74, 6) is 0. The molecule has 0 aliphatic rings. The van der Waals surface area contributed by atoms with Crippen molar-refractivity contribution in [2.45, 2.75) is 26.5 Å². The van der Waals surface area contributed by atoms with Gasteiger partial charge in [0.05, 0.1) is 18.3 Å². The van der Waals surface area contributed by atoms with Crippen LogP contribution in [0, 0.1) is 13.8 Å². The molecule has 0 saturated carbocycles. The smallest absolute Gasteiger partial charge is 0.0985 e. The van der Waals surface area contributed by atoms with E-state index in [1.807, 2.05) is 50.4 Å². The van der Waals surface area contributed by atoms with Gasteiger partial charge < -0.3 is 5.11 Å². The number of aryl methyl sites for hydroxylation is 2. The van der Waals surface area contributed by atoms with Crippen LogP contribution in [-0.4, -0.2) is 14.9 Å². The molecule has 0 aliphatic carbocycles. The fourth-order valence-electron chi connectivity index (χ4n) is 1.64. The van der Waals surface area contributed by atoms with Gasteiger partial charge in [0.2, 0.25) is 0 Å². The van der Waals surface area contributed by atoms with Gasteiger partial charge in [-0.2, -0.15) is 5.10 Å². The number of hydrogen-bond donors (Lipinski definition) is 1. The average Bonchev–Trinajstić information content (AvgIpc) is 2.65. The highest BCUT2D eigenvalue weighted by Gasteiger charge is 2.08. The SMILES string of the molecule is Cc1ccc(C(O)Cn2ccc(C)n2)cc1. The Hall–Kier alpha value is -1.61. The molecule has 1 N–H and O–H groups in total. The van der Waals surface area contributed by atoms with E-state index in [1.165, 1.54) is 5.56 Å². The molecule has 0 amide bonds. The largest absolute Gasteiger partial charge is 0.386 e. The van der Waals surface area contributed by atoms with Crippen LogP contribution in [-0.2, 0) is 6.54 Å². The minimum atomic E-state index is -0.500. The van der Waals surface area contributed by atoms with Crippen LogP contribution in [0.4, 0.5) is 0 Å². The van der Waals surface area contributed by atoms with E-state index in [0.29, 0.717) is 6.54 Å². The minimum absolute atomic E-state index is 0.497. The Bertz CT molecular complexity index is 459. The Balaban J connectivity index is 2.08. The molecule has 1 atom stereocenters. The maximum absolute atomic E-state index is 10.0. The molecule has 84 valence electrons. The first kappa shape index (κ1) is 10.9. The van der Waals surface area contributed by atoms with Crippen molar-refractivity contribution in [2.75, 3.05) is 0 Å². The first-order valence-electron chi connectivity index (χ1n) is 5.40. The van der Waals surface area contributed by atoms with Gasteiger partial charge in [-0.25, -0.2) is 0 Å². The lowest BCUT2D eigenvalue weighted by molar-refractivity contribution is 0.151. The molecule has 0 aliphatic heterocycles. The normalized spacial score (nSPS) is 12.7. The summed E-state index contributed by atoms with van der Waals surface area (Å²) >= 11 is 0. The van der Waals surface area contributed by atoms with Gasteiger partial charge in [0, 0.05) is 6.20 Å². The highest BCUT2D eigenvalue weighted by molar-refractivity contribution is 5.22. The summed E-state index contributed by atoms with van der Waals surface area (Å²) in [7, 11) is 0. The number of aliphatic hydroxyl groups excluding tert-OH is 1. The molecule has 1 heterocycles. The lowest BCUT2D eigenvalue weighted by Gasteiger charge is -2.11. The Morgan fingerprint density at radius 1 is 1.19 bits per heavy atom. The summed E-state index contributed by atoms with van der Waals surface area (Å²) in [6, 6.07) is 9.86. The van der Waals surface area contributed by atoms with Crippen LogP contribution >= 0.6 is 0 Å². The van der Waals surface area contributed by atoms with E-state index in [2.05, 4.69) is 5.10 Å². The zero-order chi connectivity index (χ0) is 11.5. The molecule has 0 radical (unpaired) electrons. The molecule has 2 aromatic rings. The second-order valence-corrected chi connectivity index (χ2v) is 4.11. The number of hydrogen-bond acceptors (Lipinski definition) is 2. The van der Waals surface area contributed by atoms with Crippen LogP contribution < -0.4 is 0 Å². The third-order valence-electron chi connectivity index (χ3n) is 2.60. The first-order chi connectivity index (χ1) is 7.65. The molecular weight excluding hydrogens is 200 g/mol. The standard InChI is InChI=1S/C13H16N2O/c1-10-3-5-12(6-4-10)13(16)9-15-8-7-11(2)14-15/h3-8,13,16H,9H2,1-2H3. The van der Waals surface area contributed by atoms with Gasteiger partial charge >= 0.3 is 0 Å². The number of nitrogens with zero attached hydrogens (tertiary/aromatic N) is 2. The summed E-state index contributed by atoms with van der Waals surface area (Å²) in [4.78, 5) is 0. The van der Waals surface area contributed by atoms with Crippen LogP contribution in [0.15, 0.2) is 36.5 Å². The zero-order valence-corrected chi connectivity index (χ0v) is 9.59. The predicted molar refractivity (Wildman–Crippen MR) is 63.1 cm³/mol. The topological polar surface area (TPSA) is 38.0 Å². The van der Waals surface area contributed by atoms with Crippen molar-refractivity contribution in [3.05, 3.63) is 53.3 Å². The molecule has 3 heteroatoms. The first-order valence-corrected chi connectivity index (χ1v) is 5.40. The summed E-state index contributed by atoms with van der Waals surface area (Å²) < 4.78 is 1.76. The molecular formula is C13H16N2O. The monoisotopic (exact) mass is 216 g/mol. The lowest BCUT2D eigenvalue weighted by Crippen LogP contribution is -2.09. The summed E-state index contributed by atoms with van der Waals surface area (Å²) in [6.45, 7) is 4.47. The van der Waals surface area contributed by atoms with Gasteiger partial charge in [0.1, 0.15) is 0 Å². The van der Waals surface area contributed by atoms with Crippen LogP contribution in [0.5, 0.6) is 0 Å². The Kier molecular flexibility index (Phi) is 3.06. The van der Waals surface area contributed by atoms with Gasteiger partial charge in [-0.15, -0.1) is 0 Å². The molecule has 2 rings (SSSR count). The fraction of sp³-hybridized carbons (Fsp3) is 0.308. The third-order valence-corrected chi connectivity index (χ3v) is 2.60.